The lowest BCUT2D eigenvalue weighted by Crippen LogP contribution is -2.40. The topological polar surface area (TPSA) is 75.2 Å². The summed E-state index contributed by atoms with van der Waals surface area (Å²) in [6.07, 6.45) is 0.671. The van der Waals surface area contributed by atoms with Crippen molar-refractivity contribution in [3.05, 3.63) is 111 Å². The van der Waals surface area contributed by atoms with E-state index in [2.05, 4.69) is 5.10 Å². The Bertz CT molecular complexity index is 1280. The smallest absolute Gasteiger partial charge is 0.273 e. The highest BCUT2D eigenvalue weighted by atomic mass is 16.2. The fourth-order valence-corrected chi connectivity index (χ4v) is 3.47. The van der Waals surface area contributed by atoms with E-state index in [-0.39, 0.29) is 12.5 Å². The highest BCUT2D eigenvalue weighted by Crippen LogP contribution is 2.15. The van der Waals surface area contributed by atoms with Crippen LogP contribution in [-0.2, 0) is 17.8 Å². The van der Waals surface area contributed by atoms with Crippen LogP contribution in [-0.4, -0.2) is 22.2 Å². The van der Waals surface area contributed by atoms with Gasteiger partial charge in [0.25, 0.3) is 11.1 Å². The standard InChI is InChI=1S/C24H21N3O3/c28-22(17-27-24(30)21-14-8-7-13-20(21)23(29)25-27)26(19-11-5-2-6-12-19)16-15-18-9-3-1-4-10-18/h1-14H,15-17H2,(H,25,29). The Morgan fingerprint density at radius 3 is 2.10 bits per heavy atom. The summed E-state index contributed by atoms with van der Waals surface area (Å²) in [5.74, 6) is -0.273. The molecule has 1 amide bonds. The number of carbonyl (C=O) groups excluding carboxylic acids is 1. The van der Waals surface area contributed by atoms with E-state index in [4.69, 9.17) is 0 Å². The van der Waals surface area contributed by atoms with Gasteiger partial charge < -0.3 is 4.90 Å². The summed E-state index contributed by atoms with van der Waals surface area (Å²) in [5, 5.41) is 3.14. The van der Waals surface area contributed by atoms with Crippen molar-refractivity contribution >= 4 is 22.4 Å². The van der Waals surface area contributed by atoms with Crippen LogP contribution in [0.1, 0.15) is 5.56 Å². The Morgan fingerprint density at radius 1 is 0.800 bits per heavy atom. The third kappa shape index (κ3) is 4.07. The molecule has 0 spiro atoms. The second-order valence-corrected chi connectivity index (χ2v) is 6.99. The molecule has 0 aliphatic rings. The highest BCUT2D eigenvalue weighted by Gasteiger charge is 2.18. The van der Waals surface area contributed by atoms with Gasteiger partial charge in [0.1, 0.15) is 6.54 Å². The van der Waals surface area contributed by atoms with Crippen molar-refractivity contribution in [2.24, 2.45) is 0 Å². The molecule has 6 heteroatoms. The molecule has 0 bridgehead atoms. The molecule has 1 aromatic heterocycles. The molecule has 150 valence electrons. The zero-order valence-corrected chi connectivity index (χ0v) is 16.3. The Balaban J connectivity index is 1.64. The third-order valence-corrected chi connectivity index (χ3v) is 5.01. The SMILES string of the molecule is O=C(Cn1[nH]c(=O)c2ccccc2c1=O)N(CCc1ccccc1)c1ccccc1. The molecule has 0 saturated carbocycles. The minimum atomic E-state index is -0.395. The third-order valence-electron chi connectivity index (χ3n) is 5.01. The molecule has 0 unspecified atom stereocenters. The summed E-state index contributed by atoms with van der Waals surface area (Å²) >= 11 is 0. The predicted molar refractivity (Wildman–Crippen MR) is 118 cm³/mol. The van der Waals surface area contributed by atoms with Gasteiger partial charge in [0, 0.05) is 12.2 Å². The number of H-pyrrole nitrogens is 1. The monoisotopic (exact) mass is 399 g/mol. The maximum atomic E-state index is 13.2. The lowest BCUT2D eigenvalue weighted by atomic mass is 10.1. The molecule has 0 fully saturated rings. The number of carbonyl (C=O) groups is 1. The molecule has 0 saturated heterocycles. The summed E-state index contributed by atoms with van der Waals surface area (Å²) in [5.41, 5.74) is 1.07. The lowest BCUT2D eigenvalue weighted by Gasteiger charge is -2.23. The summed E-state index contributed by atoms with van der Waals surface area (Å²) in [4.78, 5) is 39.9. The van der Waals surface area contributed by atoms with Crippen molar-refractivity contribution in [3.8, 4) is 0 Å². The van der Waals surface area contributed by atoms with E-state index in [1.807, 2.05) is 60.7 Å². The van der Waals surface area contributed by atoms with Gasteiger partial charge in [0.2, 0.25) is 5.91 Å². The molecular formula is C24H21N3O3. The number of hydrogen-bond donors (Lipinski definition) is 1. The van der Waals surface area contributed by atoms with Crippen LogP contribution in [0, 0.1) is 0 Å². The van der Waals surface area contributed by atoms with Crippen molar-refractivity contribution in [2.45, 2.75) is 13.0 Å². The first-order valence-corrected chi connectivity index (χ1v) is 9.75. The van der Waals surface area contributed by atoms with Crippen molar-refractivity contribution < 1.29 is 4.79 Å². The first-order valence-electron chi connectivity index (χ1n) is 9.75. The van der Waals surface area contributed by atoms with Gasteiger partial charge in [0.15, 0.2) is 0 Å². The second kappa shape index (κ2) is 8.61. The molecule has 4 rings (SSSR count). The van der Waals surface area contributed by atoms with Crippen molar-refractivity contribution in [1.29, 1.82) is 0 Å². The molecule has 0 radical (unpaired) electrons. The van der Waals surface area contributed by atoms with Gasteiger partial charge in [-0.25, -0.2) is 4.68 Å². The Kier molecular flexibility index (Phi) is 5.57. The number of aromatic amines is 1. The largest absolute Gasteiger partial charge is 0.310 e. The summed E-state index contributed by atoms with van der Waals surface area (Å²) in [6.45, 7) is 0.210. The Labute approximate surface area is 173 Å². The number of fused-ring (bicyclic) bond motifs is 1. The number of hydrogen-bond acceptors (Lipinski definition) is 3. The Morgan fingerprint density at radius 2 is 1.40 bits per heavy atom. The molecule has 0 aliphatic heterocycles. The molecule has 1 heterocycles. The van der Waals surface area contributed by atoms with Gasteiger partial charge in [0.05, 0.1) is 10.8 Å². The molecule has 1 N–H and O–H groups in total. The van der Waals surface area contributed by atoms with Gasteiger partial charge in [-0.15, -0.1) is 0 Å². The quantitative estimate of drug-likeness (QED) is 0.542. The van der Waals surface area contributed by atoms with Crippen molar-refractivity contribution in [2.75, 3.05) is 11.4 Å². The van der Waals surface area contributed by atoms with Crippen molar-refractivity contribution in [1.82, 2.24) is 9.78 Å². The van der Waals surface area contributed by atoms with Gasteiger partial charge in [-0.1, -0.05) is 60.7 Å². The van der Waals surface area contributed by atoms with Crippen LogP contribution in [0.2, 0.25) is 0 Å². The Hall–Kier alpha value is -3.93. The maximum absolute atomic E-state index is 13.2. The zero-order chi connectivity index (χ0) is 20.9. The fraction of sp³-hybridized carbons (Fsp3) is 0.125. The molecule has 30 heavy (non-hydrogen) atoms. The average Bonchev–Trinajstić information content (AvgIpc) is 2.79. The molecular weight excluding hydrogens is 378 g/mol. The van der Waals surface area contributed by atoms with Gasteiger partial charge in [-0.2, -0.15) is 0 Å². The second-order valence-electron chi connectivity index (χ2n) is 6.99. The normalized spacial score (nSPS) is 10.8. The van der Waals surface area contributed by atoms with Crippen LogP contribution in [0.3, 0.4) is 0 Å². The summed E-state index contributed by atoms with van der Waals surface area (Å²) in [6, 6.07) is 25.8. The van der Waals surface area contributed by atoms with Crippen LogP contribution in [0.25, 0.3) is 10.8 Å². The van der Waals surface area contributed by atoms with Gasteiger partial charge in [-0.3, -0.25) is 19.5 Å². The molecule has 3 aromatic carbocycles. The van der Waals surface area contributed by atoms with Crippen LogP contribution in [0.5, 0.6) is 0 Å². The van der Waals surface area contributed by atoms with Crippen LogP contribution < -0.4 is 16.0 Å². The van der Waals surface area contributed by atoms with Crippen LogP contribution >= 0.6 is 0 Å². The average molecular weight is 399 g/mol. The number of para-hydroxylation sites is 1. The van der Waals surface area contributed by atoms with E-state index in [1.165, 1.54) is 0 Å². The van der Waals surface area contributed by atoms with E-state index in [9.17, 15) is 14.4 Å². The molecule has 0 atom stereocenters. The summed E-state index contributed by atoms with van der Waals surface area (Å²) < 4.78 is 1.09. The number of rotatable bonds is 6. The number of amides is 1. The summed E-state index contributed by atoms with van der Waals surface area (Å²) in [7, 11) is 0. The van der Waals surface area contributed by atoms with Crippen LogP contribution in [0.4, 0.5) is 5.69 Å². The predicted octanol–water partition coefficient (Wildman–Crippen LogP) is 2.97. The number of nitrogens with zero attached hydrogens (tertiary/aromatic N) is 2. The van der Waals surface area contributed by atoms with E-state index in [0.717, 1.165) is 15.9 Å². The lowest BCUT2D eigenvalue weighted by molar-refractivity contribution is -0.119. The zero-order valence-electron chi connectivity index (χ0n) is 16.3. The highest BCUT2D eigenvalue weighted by molar-refractivity contribution is 5.93. The fourth-order valence-electron chi connectivity index (χ4n) is 3.47. The van der Waals surface area contributed by atoms with Gasteiger partial charge in [-0.05, 0) is 36.2 Å². The first-order chi connectivity index (χ1) is 14.6. The minimum Gasteiger partial charge on any atom is -0.310 e. The number of aromatic nitrogens is 2. The molecule has 6 nitrogen and oxygen atoms in total. The maximum Gasteiger partial charge on any atom is 0.273 e. The van der Waals surface area contributed by atoms with Crippen LogP contribution in [0.15, 0.2) is 94.5 Å². The number of anilines is 1. The van der Waals surface area contributed by atoms with E-state index in [1.54, 1.807) is 29.2 Å². The molecule has 0 aliphatic carbocycles. The number of benzene rings is 3. The van der Waals surface area contributed by atoms with E-state index < -0.39 is 11.1 Å². The van der Waals surface area contributed by atoms with Gasteiger partial charge >= 0.3 is 0 Å². The number of nitrogens with one attached hydrogen (secondary N) is 1. The van der Waals surface area contributed by atoms with Crippen molar-refractivity contribution in [3.63, 3.8) is 0 Å². The first kappa shape index (κ1) is 19.4. The van der Waals surface area contributed by atoms with E-state index in [0.29, 0.717) is 23.7 Å². The minimum absolute atomic E-state index is 0.247. The van der Waals surface area contributed by atoms with E-state index >= 15 is 0 Å². The molecule has 4 aromatic rings.